The van der Waals surface area contributed by atoms with Gasteiger partial charge in [-0.3, -0.25) is 9.45 Å². The lowest BCUT2D eigenvalue weighted by Gasteiger charge is -2.39. The monoisotopic (exact) mass is 588 g/mol. The molecule has 0 spiro atoms. The summed E-state index contributed by atoms with van der Waals surface area (Å²) in [6, 6.07) is 9.61. The predicted octanol–water partition coefficient (Wildman–Crippen LogP) is 4.30. The van der Waals surface area contributed by atoms with E-state index in [0.29, 0.717) is 73.4 Å². The molecule has 0 aromatic heterocycles. The summed E-state index contributed by atoms with van der Waals surface area (Å²) in [7, 11) is -4.60. The molecule has 41 heavy (non-hydrogen) atoms. The molecule has 3 aliphatic rings. The van der Waals surface area contributed by atoms with E-state index in [4.69, 9.17) is 18.9 Å². The molecule has 1 fully saturated rings. The lowest BCUT2D eigenvalue weighted by atomic mass is 9.96. The Morgan fingerprint density at radius 2 is 1.44 bits per heavy atom. The molecule has 1 saturated heterocycles. The molecule has 3 aromatic rings. The molecule has 2 atom stereocenters. The van der Waals surface area contributed by atoms with Gasteiger partial charge in [-0.25, -0.2) is 8.78 Å². The molecule has 0 aliphatic carbocycles. The van der Waals surface area contributed by atoms with Crippen molar-refractivity contribution in [2.45, 2.75) is 31.0 Å². The van der Waals surface area contributed by atoms with E-state index in [1.807, 2.05) is 18.7 Å². The van der Waals surface area contributed by atoms with Crippen molar-refractivity contribution < 1.29 is 40.7 Å². The first-order valence-corrected chi connectivity index (χ1v) is 14.8. The summed E-state index contributed by atoms with van der Waals surface area (Å²) in [6.07, 6.45) is -0.963. The normalized spacial score (nSPS) is 20.7. The molecule has 0 bridgehead atoms. The highest BCUT2D eigenvalue weighted by Gasteiger charge is 2.33. The zero-order chi connectivity index (χ0) is 28.9. The molecule has 0 amide bonds. The molecule has 1 N–H and O–H groups in total. The highest BCUT2D eigenvalue weighted by atomic mass is 32.2. The summed E-state index contributed by atoms with van der Waals surface area (Å²) in [5.74, 6) is 0.659. The number of ether oxygens (including phenoxy) is 4. The first-order valence-electron chi connectivity index (χ1n) is 13.3. The van der Waals surface area contributed by atoms with Crippen molar-refractivity contribution >= 4 is 15.8 Å². The number of anilines is 1. The lowest BCUT2D eigenvalue weighted by Crippen LogP contribution is -2.51. The molecular formula is C29H30F2N2O7S. The standard InChI is InChI=1S/C29H30F2N2O7S/c1-17-18(2)29(28(41(34,35)36)13-22(17)27-16-38-24-6-4-20(31)12-26(24)40-27)33-9-7-32(8-10-33)14-21-15-37-23-5-3-19(30)11-25(23)39-21/h3-6,11-13,21,27H,7-10,14-16H2,1-2H3,(H,34,35,36)/t21-,27-/m0/s1. The van der Waals surface area contributed by atoms with Crippen LogP contribution in [0.4, 0.5) is 14.5 Å². The van der Waals surface area contributed by atoms with Crippen LogP contribution in [-0.4, -0.2) is 69.9 Å². The van der Waals surface area contributed by atoms with E-state index in [9.17, 15) is 21.8 Å². The first-order chi connectivity index (χ1) is 19.6. The second-order valence-electron chi connectivity index (χ2n) is 10.5. The Morgan fingerprint density at radius 1 is 0.829 bits per heavy atom. The maximum atomic E-state index is 13.8. The summed E-state index contributed by atoms with van der Waals surface area (Å²) in [5.41, 5.74) is 2.47. The summed E-state index contributed by atoms with van der Waals surface area (Å²) < 4.78 is 86.4. The van der Waals surface area contributed by atoms with Crippen LogP contribution >= 0.6 is 0 Å². The van der Waals surface area contributed by atoms with Crippen LogP contribution in [0.2, 0.25) is 0 Å². The molecule has 0 saturated carbocycles. The second kappa shape index (κ2) is 10.7. The van der Waals surface area contributed by atoms with E-state index < -0.39 is 27.9 Å². The van der Waals surface area contributed by atoms with Gasteiger partial charge >= 0.3 is 0 Å². The molecule has 6 rings (SSSR count). The molecule has 3 aliphatic heterocycles. The van der Waals surface area contributed by atoms with E-state index in [-0.39, 0.29) is 23.4 Å². The van der Waals surface area contributed by atoms with Crippen molar-refractivity contribution in [2.75, 3.05) is 50.8 Å². The van der Waals surface area contributed by atoms with Crippen molar-refractivity contribution in [1.82, 2.24) is 4.90 Å². The zero-order valence-corrected chi connectivity index (χ0v) is 23.4. The Kier molecular flexibility index (Phi) is 7.16. The zero-order valence-electron chi connectivity index (χ0n) is 22.6. The van der Waals surface area contributed by atoms with Crippen molar-refractivity contribution in [2.24, 2.45) is 0 Å². The Bertz CT molecular complexity index is 1590. The van der Waals surface area contributed by atoms with Crippen LogP contribution in [0.5, 0.6) is 23.0 Å². The second-order valence-corrected chi connectivity index (χ2v) is 11.9. The van der Waals surface area contributed by atoms with Gasteiger partial charge in [-0.2, -0.15) is 8.42 Å². The van der Waals surface area contributed by atoms with E-state index >= 15 is 0 Å². The Hall–Kier alpha value is -3.61. The smallest absolute Gasteiger partial charge is 0.296 e. The fourth-order valence-electron chi connectivity index (χ4n) is 5.64. The first kappa shape index (κ1) is 27.6. The van der Waals surface area contributed by atoms with Gasteiger partial charge < -0.3 is 23.8 Å². The van der Waals surface area contributed by atoms with Crippen molar-refractivity contribution in [3.63, 3.8) is 0 Å². The quantitative estimate of drug-likeness (QED) is 0.438. The van der Waals surface area contributed by atoms with E-state index in [1.165, 1.54) is 36.4 Å². The minimum absolute atomic E-state index is 0.103. The van der Waals surface area contributed by atoms with Crippen molar-refractivity contribution in [3.8, 4) is 23.0 Å². The molecule has 0 radical (unpaired) electrons. The number of benzene rings is 3. The molecular weight excluding hydrogens is 558 g/mol. The van der Waals surface area contributed by atoms with Gasteiger partial charge in [0.1, 0.15) is 35.8 Å². The molecule has 3 heterocycles. The Balaban J connectivity index is 1.19. The third-order valence-corrected chi connectivity index (χ3v) is 8.70. The maximum absolute atomic E-state index is 13.8. The minimum atomic E-state index is -4.60. The molecule has 12 heteroatoms. The van der Waals surface area contributed by atoms with Gasteiger partial charge in [-0.15, -0.1) is 0 Å². The lowest BCUT2D eigenvalue weighted by molar-refractivity contribution is 0.0567. The summed E-state index contributed by atoms with van der Waals surface area (Å²) in [5, 5.41) is 0. The van der Waals surface area contributed by atoms with Gasteiger partial charge in [-0.05, 0) is 55.3 Å². The molecule has 218 valence electrons. The average Bonchev–Trinajstić information content (AvgIpc) is 2.93. The van der Waals surface area contributed by atoms with Crippen LogP contribution in [0.1, 0.15) is 22.8 Å². The molecule has 9 nitrogen and oxygen atoms in total. The largest absolute Gasteiger partial charge is 0.486 e. The van der Waals surface area contributed by atoms with Crippen molar-refractivity contribution in [3.05, 3.63) is 70.8 Å². The van der Waals surface area contributed by atoms with Crippen LogP contribution in [0, 0.1) is 25.5 Å². The summed E-state index contributed by atoms with van der Waals surface area (Å²) in [6.45, 7) is 6.94. The van der Waals surface area contributed by atoms with Crippen molar-refractivity contribution in [1.29, 1.82) is 0 Å². The summed E-state index contributed by atoms with van der Waals surface area (Å²) in [4.78, 5) is 3.93. The van der Waals surface area contributed by atoms with Gasteiger partial charge in [0, 0.05) is 50.4 Å². The Labute approximate surface area is 236 Å². The number of nitrogens with zero attached hydrogens (tertiary/aromatic N) is 2. The van der Waals surface area contributed by atoms with Crippen LogP contribution in [0.25, 0.3) is 0 Å². The number of hydrogen-bond donors (Lipinski definition) is 1. The topological polar surface area (TPSA) is 97.8 Å². The fourth-order valence-corrected chi connectivity index (χ4v) is 6.44. The number of fused-ring (bicyclic) bond motifs is 2. The van der Waals surface area contributed by atoms with Gasteiger partial charge in [0.05, 0.1) is 5.69 Å². The number of halogens is 2. The highest BCUT2D eigenvalue weighted by Crippen LogP contribution is 2.41. The Morgan fingerprint density at radius 3 is 2.07 bits per heavy atom. The summed E-state index contributed by atoms with van der Waals surface area (Å²) >= 11 is 0. The van der Waals surface area contributed by atoms with Crippen LogP contribution in [0.15, 0.2) is 47.4 Å². The van der Waals surface area contributed by atoms with E-state index in [2.05, 4.69) is 4.90 Å². The van der Waals surface area contributed by atoms with E-state index in [1.54, 1.807) is 6.07 Å². The third-order valence-electron chi connectivity index (χ3n) is 7.84. The SMILES string of the molecule is Cc1c([C@@H]2COc3ccc(F)cc3O2)cc(S(=O)(=O)O)c(N2CCN(C[C@H]3COc4ccc(F)cc4O3)CC2)c1C. The highest BCUT2D eigenvalue weighted by molar-refractivity contribution is 7.86. The van der Waals surface area contributed by atoms with Crippen LogP contribution < -0.4 is 23.8 Å². The van der Waals surface area contributed by atoms with Crippen LogP contribution in [0.3, 0.4) is 0 Å². The van der Waals surface area contributed by atoms with Gasteiger partial charge in [0.25, 0.3) is 10.1 Å². The van der Waals surface area contributed by atoms with Gasteiger partial charge in [-0.1, -0.05) is 0 Å². The van der Waals surface area contributed by atoms with E-state index in [0.717, 1.165) is 5.56 Å². The number of piperazine rings is 1. The van der Waals surface area contributed by atoms with Gasteiger partial charge in [0.15, 0.2) is 29.1 Å². The average molecular weight is 589 g/mol. The fraction of sp³-hybridized carbons (Fsp3) is 0.379. The minimum Gasteiger partial charge on any atom is -0.486 e. The number of hydrogen-bond acceptors (Lipinski definition) is 8. The maximum Gasteiger partial charge on any atom is 0.296 e. The van der Waals surface area contributed by atoms with Gasteiger partial charge in [0.2, 0.25) is 0 Å². The number of rotatable bonds is 5. The molecule has 3 aromatic carbocycles. The van der Waals surface area contributed by atoms with Crippen LogP contribution in [-0.2, 0) is 10.1 Å². The predicted molar refractivity (Wildman–Crippen MR) is 146 cm³/mol. The third kappa shape index (κ3) is 5.51. The molecule has 0 unspecified atom stereocenters.